The number of benzene rings is 2. The first kappa shape index (κ1) is 17.6. The van der Waals surface area contributed by atoms with Gasteiger partial charge in [0.2, 0.25) is 5.91 Å². The molecule has 2 aromatic carbocycles. The van der Waals surface area contributed by atoms with Gasteiger partial charge in [-0.3, -0.25) is 9.78 Å². The lowest BCUT2D eigenvalue weighted by Crippen LogP contribution is -2.32. The van der Waals surface area contributed by atoms with E-state index in [1.54, 1.807) is 18.5 Å². The Hall–Kier alpha value is -2.85. The molecule has 1 amide bonds. The number of anilines is 1. The standard InChI is InChI=1S/C22H19ClN2O2/c23-19-3-6-21-17(13-19)12-18(14-27-21)22(26)25-20-4-1-15(2-5-20)11-16-7-9-24-10-8-16/h1-10,13,18H,11-12,14H2,(H,25,26). The highest BCUT2D eigenvalue weighted by molar-refractivity contribution is 6.30. The number of aromatic nitrogens is 1. The molecule has 2 heterocycles. The number of nitrogens with one attached hydrogen (secondary N) is 1. The summed E-state index contributed by atoms with van der Waals surface area (Å²) in [5.74, 6) is 0.541. The van der Waals surface area contributed by atoms with Crippen LogP contribution in [0.5, 0.6) is 5.75 Å². The molecule has 4 nitrogen and oxygen atoms in total. The molecule has 0 radical (unpaired) electrons. The lowest BCUT2D eigenvalue weighted by molar-refractivity contribution is -0.121. The van der Waals surface area contributed by atoms with Gasteiger partial charge in [0.25, 0.3) is 0 Å². The van der Waals surface area contributed by atoms with Gasteiger partial charge >= 0.3 is 0 Å². The molecule has 5 heteroatoms. The van der Waals surface area contributed by atoms with Gasteiger partial charge < -0.3 is 10.1 Å². The van der Waals surface area contributed by atoms with E-state index in [4.69, 9.17) is 16.3 Å². The predicted molar refractivity (Wildman–Crippen MR) is 106 cm³/mol. The Bertz CT molecular complexity index is 942. The summed E-state index contributed by atoms with van der Waals surface area (Å²) < 4.78 is 5.71. The third kappa shape index (κ3) is 4.29. The van der Waals surface area contributed by atoms with E-state index >= 15 is 0 Å². The number of hydrogen-bond acceptors (Lipinski definition) is 3. The molecule has 136 valence electrons. The summed E-state index contributed by atoms with van der Waals surface area (Å²) >= 11 is 6.05. The number of nitrogens with zero attached hydrogens (tertiary/aromatic N) is 1. The molecule has 1 aromatic heterocycles. The van der Waals surface area contributed by atoms with Crippen LogP contribution in [0.4, 0.5) is 5.69 Å². The number of carbonyl (C=O) groups is 1. The molecule has 27 heavy (non-hydrogen) atoms. The Morgan fingerprint density at radius 2 is 1.81 bits per heavy atom. The first-order chi connectivity index (χ1) is 13.2. The van der Waals surface area contributed by atoms with Crippen molar-refractivity contribution in [1.82, 2.24) is 4.98 Å². The topological polar surface area (TPSA) is 51.2 Å². The highest BCUT2D eigenvalue weighted by Crippen LogP contribution is 2.30. The van der Waals surface area contributed by atoms with Crippen LogP contribution in [-0.2, 0) is 17.6 Å². The Morgan fingerprint density at radius 3 is 2.59 bits per heavy atom. The van der Waals surface area contributed by atoms with Crippen molar-refractivity contribution in [3.8, 4) is 5.75 Å². The van der Waals surface area contributed by atoms with Gasteiger partial charge in [-0.05, 0) is 72.0 Å². The SMILES string of the molecule is O=C(Nc1ccc(Cc2ccncc2)cc1)C1COc2ccc(Cl)cc2C1. The highest BCUT2D eigenvalue weighted by atomic mass is 35.5. The summed E-state index contributed by atoms with van der Waals surface area (Å²) in [6.07, 6.45) is 5.05. The van der Waals surface area contributed by atoms with E-state index in [2.05, 4.69) is 10.3 Å². The summed E-state index contributed by atoms with van der Waals surface area (Å²) in [5.41, 5.74) is 4.15. The third-order valence-electron chi connectivity index (χ3n) is 4.68. The molecule has 0 fully saturated rings. The van der Waals surface area contributed by atoms with Crippen LogP contribution in [0.3, 0.4) is 0 Å². The van der Waals surface area contributed by atoms with Crippen LogP contribution in [0, 0.1) is 5.92 Å². The van der Waals surface area contributed by atoms with E-state index in [0.29, 0.717) is 18.1 Å². The van der Waals surface area contributed by atoms with Crippen LogP contribution in [0.25, 0.3) is 0 Å². The van der Waals surface area contributed by atoms with Crippen molar-refractivity contribution >= 4 is 23.2 Å². The third-order valence-corrected chi connectivity index (χ3v) is 4.91. The molecule has 1 aliphatic rings. The molecule has 1 unspecified atom stereocenters. The number of halogens is 1. The molecule has 0 spiro atoms. The zero-order valence-electron chi connectivity index (χ0n) is 14.7. The fourth-order valence-corrected chi connectivity index (χ4v) is 3.41. The molecule has 1 aliphatic heterocycles. The quantitative estimate of drug-likeness (QED) is 0.726. The number of hydrogen-bond donors (Lipinski definition) is 1. The number of fused-ring (bicyclic) bond motifs is 1. The molecule has 1 N–H and O–H groups in total. The van der Waals surface area contributed by atoms with Crippen LogP contribution in [0.1, 0.15) is 16.7 Å². The van der Waals surface area contributed by atoms with Crippen LogP contribution in [-0.4, -0.2) is 17.5 Å². The molecule has 3 aromatic rings. The van der Waals surface area contributed by atoms with Gasteiger partial charge in [0.15, 0.2) is 0 Å². The van der Waals surface area contributed by atoms with Crippen LogP contribution in [0.15, 0.2) is 67.0 Å². The first-order valence-electron chi connectivity index (χ1n) is 8.87. The molecular weight excluding hydrogens is 360 g/mol. The minimum Gasteiger partial charge on any atom is -0.492 e. The van der Waals surface area contributed by atoms with Gasteiger partial charge in [-0.1, -0.05) is 23.7 Å². The smallest absolute Gasteiger partial charge is 0.231 e. The maximum atomic E-state index is 12.6. The zero-order chi connectivity index (χ0) is 18.6. The van der Waals surface area contributed by atoms with Gasteiger partial charge in [-0.2, -0.15) is 0 Å². The largest absolute Gasteiger partial charge is 0.492 e. The average Bonchev–Trinajstić information content (AvgIpc) is 2.69. The fourth-order valence-electron chi connectivity index (χ4n) is 3.22. The molecule has 1 atom stereocenters. The van der Waals surface area contributed by atoms with Crippen LogP contribution < -0.4 is 10.1 Å². The van der Waals surface area contributed by atoms with Crippen LogP contribution >= 0.6 is 11.6 Å². The second kappa shape index (κ2) is 7.80. The average molecular weight is 379 g/mol. The van der Waals surface area contributed by atoms with Gasteiger partial charge in [-0.25, -0.2) is 0 Å². The minimum absolute atomic E-state index is 0.0393. The van der Waals surface area contributed by atoms with Crippen molar-refractivity contribution in [2.24, 2.45) is 5.92 Å². The Morgan fingerprint density at radius 1 is 1.07 bits per heavy atom. The van der Waals surface area contributed by atoms with E-state index < -0.39 is 0 Å². The second-order valence-electron chi connectivity index (χ2n) is 6.68. The zero-order valence-corrected chi connectivity index (χ0v) is 15.4. The monoisotopic (exact) mass is 378 g/mol. The van der Waals surface area contributed by atoms with Crippen molar-refractivity contribution in [2.75, 3.05) is 11.9 Å². The summed E-state index contributed by atoms with van der Waals surface area (Å²) in [6.45, 7) is 0.376. The van der Waals surface area contributed by atoms with Crippen molar-refractivity contribution < 1.29 is 9.53 Å². The van der Waals surface area contributed by atoms with Crippen molar-refractivity contribution in [3.63, 3.8) is 0 Å². The minimum atomic E-state index is -0.229. The Balaban J connectivity index is 1.38. The number of ether oxygens (including phenoxy) is 1. The maximum absolute atomic E-state index is 12.6. The van der Waals surface area contributed by atoms with Crippen molar-refractivity contribution in [3.05, 3.63) is 88.7 Å². The van der Waals surface area contributed by atoms with Crippen molar-refractivity contribution in [2.45, 2.75) is 12.8 Å². The van der Waals surface area contributed by atoms with E-state index in [1.165, 1.54) is 11.1 Å². The maximum Gasteiger partial charge on any atom is 0.231 e. The molecule has 0 saturated carbocycles. The summed E-state index contributed by atoms with van der Waals surface area (Å²) in [7, 11) is 0. The normalized spacial score (nSPS) is 15.5. The Labute approximate surface area is 163 Å². The molecule has 0 aliphatic carbocycles. The first-order valence-corrected chi connectivity index (χ1v) is 9.25. The Kier molecular flexibility index (Phi) is 5.07. The molecule has 0 bridgehead atoms. The van der Waals surface area contributed by atoms with E-state index in [1.807, 2.05) is 48.5 Å². The summed E-state index contributed by atoms with van der Waals surface area (Å²) in [4.78, 5) is 16.6. The summed E-state index contributed by atoms with van der Waals surface area (Å²) in [6, 6.07) is 17.5. The number of carbonyl (C=O) groups excluding carboxylic acids is 1. The molecular formula is C22H19ClN2O2. The second-order valence-corrected chi connectivity index (χ2v) is 7.12. The fraction of sp³-hybridized carbons (Fsp3) is 0.182. The lowest BCUT2D eigenvalue weighted by Gasteiger charge is -2.24. The van der Waals surface area contributed by atoms with Gasteiger partial charge in [0.1, 0.15) is 12.4 Å². The number of pyridine rings is 1. The highest BCUT2D eigenvalue weighted by Gasteiger charge is 2.26. The molecule has 0 saturated heterocycles. The predicted octanol–water partition coefficient (Wildman–Crippen LogP) is 4.52. The van der Waals surface area contributed by atoms with Gasteiger partial charge in [0.05, 0.1) is 5.92 Å². The lowest BCUT2D eigenvalue weighted by atomic mass is 9.96. The van der Waals surface area contributed by atoms with Gasteiger partial charge in [0, 0.05) is 23.1 Å². The van der Waals surface area contributed by atoms with Crippen LogP contribution in [0.2, 0.25) is 5.02 Å². The van der Waals surface area contributed by atoms with E-state index in [-0.39, 0.29) is 11.8 Å². The number of rotatable bonds is 4. The van der Waals surface area contributed by atoms with Gasteiger partial charge in [-0.15, -0.1) is 0 Å². The van der Waals surface area contributed by atoms with E-state index in [0.717, 1.165) is 23.4 Å². The summed E-state index contributed by atoms with van der Waals surface area (Å²) in [5, 5.41) is 3.64. The van der Waals surface area contributed by atoms with Crippen molar-refractivity contribution in [1.29, 1.82) is 0 Å². The number of amides is 1. The van der Waals surface area contributed by atoms with E-state index in [9.17, 15) is 4.79 Å². The molecule has 4 rings (SSSR count).